The molecule has 0 saturated carbocycles. The summed E-state index contributed by atoms with van der Waals surface area (Å²) >= 11 is 0. The van der Waals surface area contributed by atoms with E-state index in [1.807, 2.05) is 19.1 Å². The van der Waals surface area contributed by atoms with Crippen LogP contribution in [0, 0.1) is 18.8 Å². The van der Waals surface area contributed by atoms with Crippen LogP contribution in [0.4, 0.5) is 5.69 Å². The monoisotopic (exact) mass is 327 g/mol. The first-order chi connectivity index (χ1) is 11.0. The van der Waals surface area contributed by atoms with Gasteiger partial charge in [0.05, 0.1) is 4.90 Å². The second-order valence-electron chi connectivity index (χ2n) is 5.40. The highest BCUT2D eigenvalue weighted by Crippen LogP contribution is 2.17. The van der Waals surface area contributed by atoms with Crippen molar-refractivity contribution < 1.29 is 8.42 Å². The number of hydrogen-bond donors (Lipinski definition) is 1. The van der Waals surface area contributed by atoms with Crippen molar-refractivity contribution >= 4 is 15.7 Å². The summed E-state index contributed by atoms with van der Waals surface area (Å²) in [6.45, 7) is 4.06. The van der Waals surface area contributed by atoms with Crippen LogP contribution in [0.25, 0.3) is 0 Å². The Kier molecular flexibility index (Phi) is 5.84. The summed E-state index contributed by atoms with van der Waals surface area (Å²) in [6.07, 6.45) is 3.12. The Morgan fingerprint density at radius 1 is 1.00 bits per heavy atom. The quantitative estimate of drug-likeness (QED) is 0.656. The van der Waals surface area contributed by atoms with Gasteiger partial charge in [0.2, 0.25) is 0 Å². The standard InChI is InChI=1S/C19H21NO2S/c1-3-4-5-6-7-17-10-12-18(13-11-17)20-23(21,22)19-14-8-16(2)9-15-19/h8-15,20H,3-5H2,1-2H3. The minimum atomic E-state index is -3.55. The number of hydrogen-bond acceptors (Lipinski definition) is 2. The summed E-state index contributed by atoms with van der Waals surface area (Å²) in [5, 5.41) is 0. The van der Waals surface area contributed by atoms with Gasteiger partial charge >= 0.3 is 0 Å². The molecule has 0 aromatic heterocycles. The van der Waals surface area contributed by atoms with E-state index in [2.05, 4.69) is 23.5 Å². The molecule has 2 aromatic carbocycles. The van der Waals surface area contributed by atoms with E-state index >= 15 is 0 Å². The topological polar surface area (TPSA) is 46.2 Å². The van der Waals surface area contributed by atoms with E-state index in [1.165, 1.54) is 0 Å². The van der Waals surface area contributed by atoms with Gasteiger partial charge in [0.15, 0.2) is 0 Å². The lowest BCUT2D eigenvalue weighted by Gasteiger charge is -2.08. The molecule has 0 atom stereocenters. The lowest BCUT2D eigenvalue weighted by Crippen LogP contribution is -2.12. The lowest BCUT2D eigenvalue weighted by molar-refractivity contribution is 0.601. The van der Waals surface area contributed by atoms with Crippen molar-refractivity contribution in [2.75, 3.05) is 4.72 Å². The SMILES string of the molecule is CCCCC#Cc1ccc(NS(=O)(=O)c2ccc(C)cc2)cc1. The van der Waals surface area contributed by atoms with Crippen molar-refractivity contribution in [2.45, 2.75) is 38.0 Å². The normalized spacial score (nSPS) is 10.7. The van der Waals surface area contributed by atoms with Gasteiger partial charge in [-0.15, -0.1) is 0 Å². The fraction of sp³-hybridized carbons (Fsp3) is 0.263. The summed E-state index contributed by atoms with van der Waals surface area (Å²) in [5.74, 6) is 6.19. The summed E-state index contributed by atoms with van der Waals surface area (Å²) in [4.78, 5) is 0.256. The van der Waals surface area contributed by atoms with Gasteiger partial charge in [-0.25, -0.2) is 8.42 Å². The Hall–Kier alpha value is -2.25. The molecule has 0 aliphatic carbocycles. The first-order valence-electron chi connectivity index (χ1n) is 7.69. The third-order valence-electron chi connectivity index (χ3n) is 3.36. The van der Waals surface area contributed by atoms with Crippen molar-refractivity contribution in [1.82, 2.24) is 0 Å². The van der Waals surface area contributed by atoms with Crippen LogP contribution in [0.2, 0.25) is 0 Å². The van der Waals surface area contributed by atoms with E-state index in [9.17, 15) is 8.42 Å². The average molecular weight is 327 g/mol. The average Bonchev–Trinajstić information content (AvgIpc) is 2.53. The van der Waals surface area contributed by atoms with Crippen LogP contribution in [-0.4, -0.2) is 8.42 Å². The van der Waals surface area contributed by atoms with Crippen molar-refractivity contribution in [2.24, 2.45) is 0 Å². The van der Waals surface area contributed by atoms with Gasteiger partial charge in [-0.2, -0.15) is 0 Å². The molecule has 0 aliphatic heterocycles. The minimum Gasteiger partial charge on any atom is -0.280 e. The predicted molar refractivity (Wildman–Crippen MR) is 94.8 cm³/mol. The highest BCUT2D eigenvalue weighted by molar-refractivity contribution is 7.92. The van der Waals surface area contributed by atoms with Crippen LogP contribution < -0.4 is 4.72 Å². The smallest absolute Gasteiger partial charge is 0.261 e. The summed E-state index contributed by atoms with van der Waals surface area (Å²) in [7, 11) is -3.55. The minimum absolute atomic E-state index is 0.256. The predicted octanol–water partition coefficient (Wildman–Crippen LogP) is 4.34. The lowest BCUT2D eigenvalue weighted by atomic mass is 10.2. The van der Waals surface area contributed by atoms with Gasteiger partial charge in [-0.1, -0.05) is 42.9 Å². The van der Waals surface area contributed by atoms with Gasteiger partial charge in [0.1, 0.15) is 0 Å². The number of anilines is 1. The molecule has 0 aliphatic rings. The van der Waals surface area contributed by atoms with Gasteiger partial charge in [0.25, 0.3) is 10.0 Å². The maximum Gasteiger partial charge on any atom is 0.261 e. The molecular weight excluding hydrogens is 306 g/mol. The fourth-order valence-electron chi connectivity index (χ4n) is 1.98. The number of sulfonamides is 1. The van der Waals surface area contributed by atoms with Crippen molar-refractivity contribution in [3.63, 3.8) is 0 Å². The Morgan fingerprint density at radius 3 is 2.26 bits per heavy atom. The Morgan fingerprint density at radius 2 is 1.65 bits per heavy atom. The highest BCUT2D eigenvalue weighted by atomic mass is 32.2. The molecule has 23 heavy (non-hydrogen) atoms. The van der Waals surface area contributed by atoms with Crippen LogP contribution in [0.1, 0.15) is 37.3 Å². The van der Waals surface area contributed by atoms with E-state index < -0.39 is 10.0 Å². The molecule has 0 saturated heterocycles. The van der Waals surface area contributed by atoms with E-state index in [-0.39, 0.29) is 4.90 Å². The number of aryl methyl sites for hydroxylation is 1. The maximum absolute atomic E-state index is 12.3. The van der Waals surface area contributed by atoms with E-state index in [4.69, 9.17) is 0 Å². The van der Waals surface area contributed by atoms with Crippen molar-refractivity contribution in [3.05, 3.63) is 59.7 Å². The fourth-order valence-corrected chi connectivity index (χ4v) is 3.04. The summed E-state index contributed by atoms with van der Waals surface area (Å²) in [6, 6.07) is 13.9. The van der Waals surface area contributed by atoms with Crippen molar-refractivity contribution in [1.29, 1.82) is 0 Å². The van der Waals surface area contributed by atoms with Gasteiger partial charge in [0, 0.05) is 17.7 Å². The summed E-state index contributed by atoms with van der Waals surface area (Å²) in [5.41, 5.74) is 2.44. The maximum atomic E-state index is 12.3. The zero-order chi connectivity index (χ0) is 16.7. The van der Waals surface area contributed by atoms with Crippen LogP contribution in [-0.2, 0) is 10.0 Å². The molecule has 0 radical (unpaired) electrons. The van der Waals surface area contributed by atoms with E-state index in [1.54, 1.807) is 36.4 Å². The Balaban J connectivity index is 2.07. The first kappa shape index (κ1) is 17.1. The van der Waals surface area contributed by atoms with Gasteiger partial charge in [-0.3, -0.25) is 4.72 Å². The molecule has 0 heterocycles. The summed E-state index contributed by atoms with van der Waals surface area (Å²) < 4.78 is 27.2. The number of nitrogens with one attached hydrogen (secondary N) is 1. The molecule has 0 unspecified atom stereocenters. The number of rotatable bonds is 5. The van der Waals surface area contributed by atoms with Crippen molar-refractivity contribution in [3.8, 4) is 11.8 Å². The third kappa shape index (κ3) is 5.15. The number of unbranched alkanes of at least 4 members (excludes halogenated alkanes) is 2. The second kappa shape index (κ2) is 7.85. The molecule has 2 aromatic rings. The molecule has 0 spiro atoms. The molecular formula is C19H21NO2S. The molecule has 0 fully saturated rings. The number of benzene rings is 2. The molecule has 120 valence electrons. The zero-order valence-electron chi connectivity index (χ0n) is 13.5. The molecule has 3 nitrogen and oxygen atoms in total. The van der Waals surface area contributed by atoms with Gasteiger partial charge < -0.3 is 0 Å². The van der Waals surface area contributed by atoms with Crippen LogP contribution >= 0.6 is 0 Å². The zero-order valence-corrected chi connectivity index (χ0v) is 14.3. The largest absolute Gasteiger partial charge is 0.280 e. The molecule has 2 rings (SSSR count). The van der Waals surface area contributed by atoms with E-state index in [0.29, 0.717) is 5.69 Å². The molecule has 4 heteroatoms. The molecule has 0 amide bonds. The van der Waals surface area contributed by atoms with Crippen LogP contribution in [0.5, 0.6) is 0 Å². The third-order valence-corrected chi connectivity index (χ3v) is 4.75. The van der Waals surface area contributed by atoms with Crippen LogP contribution in [0.15, 0.2) is 53.4 Å². The van der Waals surface area contributed by atoms with Crippen LogP contribution in [0.3, 0.4) is 0 Å². The Labute approximate surface area is 138 Å². The van der Waals surface area contributed by atoms with Gasteiger partial charge in [-0.05, 0) is 49.7 Å². The molecule has 0 bridgehead atoms. The van der Waals surface area contributed by atoms with E-state index in [0.717, 1.165) is 30.4 Å². The first-order valence-corrected chi connectivity index (χ1v) is 9.18. The second-order valence-corrected chi connectivity index (χ2v) is 7.08. The molecule has 1 N–H and O–H groups in total. The Bertz CT molecular complexity index is 795. The highest BCUT2D eigenvalue weighted by Gasteiger charge is 2.13.